The Morgan fingerprint density at radius 1 is 0.308 bits per heavy atom. The number of hydrogen-bond acceptors (Lipinski definition) is 6. The van der Waals surface area contributed by atoms with Crippen molar-refractivity contribution in [2.45, 2.75) is 129 Å². The Balaban J connectivity index is 1.05. The molecule has 0 unspecified atom stereocenters. The van der Waals surface area contributed by atoms with Crippen LogP contribution in [-0.4, -0.2) is 16.1 Å². The highest BCUT2D eigenvalue weighted by molar-refractivity contribution is 7.33. The van der Waals surface area contributed by atoms with Gasteiger partial charge in [-0.25, -0.2) is 0 Å². The SMILES string of the molecule is CCCCCCCC[Si](C)(C)c1ccc(-c2ccc(-c3ccc(-c4ccc(-c5ccc(-c6ccc([Si](C)(C)CCCCCCCC)s6)s5)s4)s3)s2)s1. The van der Waals surface area contributed by atoms with Crippen molar-refractivity contribution in [1.29, 1.82) is 0 Å². The smallest absolute Gasteiger partial charge is 0.0934 e. The molecule has 0 N–H and O–H groups in total. The summed E-state index contributed by atoms with van der Waals surface area (Å²) in [5, 5.41) is 0. The van der Waals surface area contributed by atoms with Gasteiger partial charge < -0.3 is 0 Å². The van der Waals surface area contributed by atoms with E-state index in [0.29, 0.717) is 0 Å². The van der Waals surface area contributed by atoms with Gasteiger partial charge in [-0.1, -0.05) is 141 Å². The Kier molecular flexibility index (Phi) is 14.7. The van der Waals surface area contributed by atoms with Crippen molar-refractivity contribution in [1.82, 2.24) is 0 Å². The Hall–Kier alpha value is -1.37. The minimum Gasteiger partial charge on any atom is -0.144 e. The van der Waals surface area contributed by atoms with Gasteiger partial charge in [-0.15, -0.1) is 68.0 Å². The number of thiophene rings is 6. The molecule has 0 bridgehead atoms. The highest BCUT2D eigenvalue weighted by atomic mass is 32.1. The highest BCUT2D eigenvalue weighted by Gasteiger charge is 2.26. The molecule has 278 valence electrons. The second-order valence-electron chi connectivity index (χ2n) is 15.8. The molecule has 0 aliphatic carbocycles. The lowest BCUT2D eigenvalue weighted by Gasteiger charge is -2.20. The van der Waals surface area contributed by atoms with Gasteiger partial charge in [0.2, 0.25) is 0 Å². The number of rotatable bonds is 21. The summed E-state index contributed by atoms with van der Waals surface area (Å²) in [6.45, 7) is 14.9. The first-order chi connectivity index (χ1) is 25.2. The van der Waals surface area contributed by atoms with E-state index in [1.165, 1.54) is 138 Å². The van der Waals surface area contributed by atoms with E-state index in [1.54, 1.807) is 9.00 Å². The Bertz CT molecular complexity index is 1810. The topological polar surface area (TPSA) is 0 Å². The zero-order chi connectivity index (χ0) is 36.6. The van der Waals surface area contributed by atoms with Crippen LogP contribution in [0.15, 0.2) is 72.8 Å². The van der Waals surface area contributed by atoms with Crippen molar-refractivity contribution < 1.29 is 0 Å². The van der Waals surface area contributed by atoms with Gasteiger partial charge in [0.1, 0.15) is 0 Å². The van der Waals surface area contributed by atoms with E-state index in [2.05, 4.69) is 136 Å². The minimum atomic E-state index is -1.38. The maximum atomic E-state index is 2.58. The summed E-state index contributed by atoms with van der Waals surface area (Å²) in [7, 11) is -2.75. The molecule has 6 rings (SSSR count). The predicted molar refractivity (Wildman–Crippen MR) is 251 cm³/mol. The van der Waals surface area contributed by atoms with Gasteiger partial charge in [0.05, 0.1) is 16.1 Å². The molecular weight excluding hydrogens is 777 g/mol. The fraction of sp³-hybridized carbons (Fsp3) is 0.455. The number of unbranched alkanes of at least 4 members (excludes halogenated alkanes) is 10. The van der Waals surface area contributed by atoms with Gasteiger partial charge in [-0.2, -0.15) is 0 Å². The van der Waals surface area contributed by atoms with Crippen LogP contribution in [0.3, 0.4) is 0 Å². The van der Waals surface area contributed by atoms with E-state index < -0.39 is 16.1 Å². The summed E-state index contributed by atoms with van der Waals surface area (Å²) in [5.41, 5.74) is 0. The standard InChI is InChI=1S/C44H58S6Si2/c1-7-9-11-13-15-17-31-51(3,4)43-29-27-41(49-43)39-25-23-37(47-39)35-21-19-33(45-35)34-20-22-36(46-34)38-24-26-40(48-38)42-28-30-44(50-42)52(5,6)32-18-16-14-12-10-8-2/h19-30H,7-18,31-32H2,1-6H3. The van der Waals surface area contributed by atoms with Crippen LogP contribution in [0.4, 0.5) is 0 Å². The third-order valence-corrected chi connectivity index (χ3v) is 27.7. The van der Waals surface area contributed by atoms with Crippen LogP contribution in [0.5, 0.6) is 0 Å². The Morgan fingerprint density at radius 2 is 0.538 bits per heavy atom. The van der Waals surface area contributed by atoms with Crippen molar-refractivity contribution in [3.63, 3.8) is 0 Å². The van der Waals surface area contributed by atoms with Crippen molar-refractivity contribution >= 4 is 93.2 Å². The van der Waals surface area contributed by atoms with Crippen molar-refractivity contribution in [2.75, 3.05) is 0 Å². The zero-order valence-corrected chi connectivity index (χ0v) is 39.2. The second-order valence-corrected chi connectivity index (χ2v) is 32.6. The summed E-state index contributed by atoms with van der Waals surface area (Å²) in [6, 6.07) is 31.2. The Morgan fingerprint density at radius 3 is 0.827 bits per heavy atom. The quantitative estimate of drug-likeness (QED) is 0.0501. The summed E-state index contributed by atoms with van der Waals surface area (Å²) in [6.07, 6.45) is 16.7. The van der Waals surface area contributed by atoms with Gasteiger partial charge >= 0.3 is 0 Å². The molecule has 0 amide bonds. The van der Waals surface area contributed by atoms with E-state index in [-0.39, 0.29) is 0 Å². The summed E-state index contributed by atoms with van der Waals surface area (Å²) in [4.78, 5) is 14.0. The lowest BCUT2D eigenvalue weighted by molar-refractivity contribution is 0.623. The van der Waals surface area contributed by atoms with Gasteiger partial charge in [-0.3, -0.25) is 0 Å². The zero-order valence-electron chi connectivity index (χ0n) is 32.3. The molecule has 0 aromatic carbocycles. The van der Waals surface area contributed by atoms with Crippen LogP contribution in [0, 0.1) is 0 Å². The third-order valence-electron chi connectivity index (χ3n) is 10.5. The average Bonchev–Trinajstić information content (AvgIpc) is 3.98. The molecule has 6 heterocycles. The van der Waals surface area contributed by atoms with Crippen molar-refractivity contribution in [3.05, 3.63) is 72.8 Å². The van der Waals surface area contributed by atoms with Gasteiger partial charge in [0.15, 0.2) is 0 Å². The van der Waals surface area contributed by atoms with Crippen LogP contribution >= 0.6 is 68.0 Å². The predicted octanol–water partition coefficient (Wildman–Crippen LogP) is 16.9. The fourth-order valence-corrected chi connectivity index (χ4v) is 20.3. The molecule has 8 heteroatoms. The van der Waals surface area contributed by atoms with Crippen LogP contribution in [0.1, 0.15) is 90.9 Å². The lowest BCUT2D eigenvalue weighted by atomic mass is 10.1. The molecular formula is C44H58S6Si2. The second kappa shape index (κ2) is 19.0. The first kappa shape index (κ1) is 40.3. The summed E-state index contributed by atoms with van der Waals surface area (Å²) < 4.78 is 3.33. The van der Waals surface area contributed by atoms with Gasteiger partial charge in [0, 0.05) is 48.8 Å². The summed E-state index contributed by atoms with van der Waals surface area (Å²) >= 11 is 11.9. The fourth-order valence-electron chi connectivity index (χ4n) is 7.02. The van der Waals surface area contributed by atoms with Crippen LogP contribution < -0.4 is 9.00 Å². The first-order valence-corrected chi connectivity index (χ1v) is 31.1. The van der Waals surface area contributed by atoms with Crippen molar-refractivity contribution in [3.8, 4) is 48.8 Å². The lowest BCUT2D eigenvalue weighted by Crippen LogP contribution is -2.38. The molecule has 0 atom stereocenters. The number of hydrogen-bond donors (Lipinski definition) is 0. The monoisotopic (exact) mass is 834 g/mol. The largest absolute Gasteiger partial charge is 0.144 e. The molecule has 0 aliphatic heterocycles. The van der Waals surface area contributed by atoms with E-state index in [0.717, 1.165) is 0 Å². The molecule has 6 aromatic heterocycles. The molecule has 0 fully saturated rings. The van der Waals surface area contributed by atoms with E-state index in [1.807, 2.05) is 45.3 Å². The van der Waals surface area contributed by atoms with Crippen LogP contribution in [0.25, 0.3) is 48.8 Å². The molecule has 0 radical (unpaired) electrons. The van der Waals surface area contributed by atoms with Crippen LogP contribution in [0.2, 0.25) is 38.3 Å². The molecule has 52 heavy (non-hydrogen) atoms. The molecule has 6 aromatic rings. The molecule has 0 saturated carbocycles. The van der Waals surface area contributed by atoms with E-state index in [9.17, 15) is 0 Å². The third kappa shape index (κ3) is 10.5. The van der Waals surface area contributed by atoms with Gasteiger partial charge in [0.25, 0.3) is 0 Å². The molecule has 0 aliphatic rings. The molecule has 0 spiro atoms. The molecule has 0 saturated heterocycles. The highest BCUT2D eigenvalue weighted by Crippen LogP contribution is 2.45. The summed E-state index contributed by atoms with van der Waals surface area (Å²) in [5.74, 6) is 0. The maximum Gasteiger partial charge on any atom is 0.0934 e. The minimum absolute atomic E-state index is 1.33. The maximum absolute atomic E-state index is 2.58. The van der Waals surface area contributed by atoms with E-state index >= 15 is 0 Å². The molecule has 0 nitrogen and oxygen atoms in total. The van der Waals surface area contributed by atoms with Gasteiger partial charge in [-0.05, 0) is 69.7 Å². The normalized spacial score (nSPS) is 12.3. The van der Waals surface area contributed by atoms with E-state index in [4.69, 9.17) is 0 Å². The van der Waals surface area contributed by atoms with Crippen molar-refractivity contribution in [2.24, 2.45) is 0 Å². The Labute approximate surface area is 341 Å². The average molecular weight is 836 g/mol. The first-order valence-electron chi connectivity index (χ1n) is 19.8. The van der Waals surface area contributed by atoms with Crippen LogP contribution in [-0.2, 0) is 0 Å².